The van der Waals surface area contributed by atoms with Gasteiger partial charge in [0.05, 0.1) is 5.41 Å². The molecular weight excluding hydrogens is 745 g/mol. The van der Waals surface area contributed by atoms with E-state index in [1.54, 1.807) is 0 Å². The monoisotopic (exact) mass is 782 g/mol. The molecule has 282 valence electrons. The normalized spacial score (nSPS) is 14.4. The summed E-state index contributed by atoms with van der Waals surface area (Å²) in [5.41, 5.74) is 18.0. The van der Waals surface area contributed by atoms with E-state index in [1.165, 1.54) is 65.0 Å². The zero-order chi connectivity index (χ0) is 39.6. The van der Waals surface area contributed by atoms with Gasteiger partial charge in [-0.2, -0.15) is 0 Å². The van der Waals surface area contributed by atoms with Gasteiger partial charge in [-0.3, -0.25) is 0 Å². The van der Waals surface area contributed by atoms with Gasteiger partial charge in [0, 0.05) is 54.7 Å². The number of anilines is 6. The van der Waals surface area contributed by atoms with Crippen LogP contribution in [0.2, 0.25) is 0 Å². The van der Waals surface area contributed by atoms with Crippen LogP contribution in [0.1, 0.15) is 21.6 Å². The van der Waals surface area contributed by atoms with E-state index >= 15 is 0 Å². The molecule has 9 aromatic carbocycles. The third kappa shape index (κ3) is 5.19. The summed E-state index contributed by atoms with van der Waals surface area (Å²) in [6, 6.07) is 84.4. The highest BCUT2D eigenvalue weighted by Crippen LogP contribution is 2.66. The molecule has 1 heterocycles. The number of benzene rings is 9. The summed E-state index contributed by atoms with van der Waals surface area (Å²) in [5, 5.41) is 1.32. The molecule has 0 saturated carbocycles. The molecule has 0 fully saturated rings. The van der Waals surface area contributed by atoms with E-state index in [9.17, 15) is 0 Å². The molecule has 60 heavy (non-hydrogen) atoms. The van der Waals surface area contributed by atoms with E-state index in [2.05, 4.69) is 240 Å². The lowest BCUT2D eigenvalue weighted by molar-refractivity contribution is 0.812. The molecule has 1 unspecified atom stereocenters. The van der Waals surface area contributed by atoms with Gasteiger partial charge in [-0.25, -0.2) is 0 Å². The van der Waals surface area contributed by atoms with E-state index < -0.39 is 5.41 Å². The molecule has 0 aliphatic heterocycles. The Hall–Kier alpha value is -7.46. The lowest BCUT2D eigenvalue weighted by Gasteiger charge is -2.31. The molecule has 3 heteroatoms. The van der Waals surface area contributed by atoms with Crippen molar-refractivity contribution in [2.24, 2.45) is 0 Å². The Morgan fingerprint density at radius 1 is 0.317 bits per heavy atom. The molecule has 2 nitrogen and oxygen atoms in total. The maximum absolute atomic E-state index is 2.50. The Morgan fingerprint density at radius 2 is 0.767 bits per heavy atom. The smallest absolute Gasteiger partial charge is 0.0820 e. The lowest BCUT2D eigenvalue weighted by atomic mass is 9.73. The Labute approximate surface area is 354 Å². The highest BCUT2D eigenvalue weighted by Gasteiger charge is 2.53. The van der Waals surface area contributed by atoms with Crippen LogP contribution in [0.5, 0.6) is 0 Å². The summed E-state index contributed by atoms with van der Waals surface area (Å²) >= 11 is 1.96. The maximum atomic E-state index is 2.50. The van der Waals surface area contributed by atoms with E-state index in [4.69, 9.17) is 0 Å². The van der Waals surface area contributed by atoms with Crippen LogP contribution in [0.25, 0.3) is 43.5 Å². The quantitative estimate of drug-likeness (QED) is 0.159. The maximum Gasteiger partial charge on any atom is 0.0820 e. The van der Waals surface area contributed by atoms with Crippen molar-refractivity contribution in [2.45, 2.75) is 5.41 Å². The average molecular weight is 783 g/mol. The molecule has 12 rings (SSSR count). The van der Waals surface area contributed by atoms with Gasteiger partial charge in [0.15, 0.2) is 0 Å². The Balaban J connectivity index is 1.07. The number of hydrogen-bond acceptors (Lipinski definition) is 3. The van der Waals surface area contributed by atoms with Crippen LogP contribution in [0.3, 0.4) is 0 Å². The van der Waals surface area contributed by atoms with Gasteiger partial charge in [-0.05, 0) is 129 Å². The minimum Gasteiger partial charge on any atom is -0.311 e. The Morgan fingerprint density at radius 3 is 1.40 bits per heavy atom. The molecule has 1 aromatic heterocycles. The number of thiophene rings is 1. The van der Waals surface area contributed by atoms with Gasteiger partial charge < -0.3 is 9.80 Å². The molecule has 0 amide bonds. The van der Waals surface area contributed by atoms with E-state index in [0.29, 0.717) is 0 Å². The minimum atomic E-state index is -0.497. The van der Waals surface area contributed by atoms with Crippen LogP contribution >= 0.6 is 11.3 Å². The Bertz CT molecular complexity index is 3110. The fourth-order valence-corrected chi connectivity index (χ4v) is 11.3. The van der Waals surface area contributed by atoms with Crippen molar-refractivity contribution < 1.29 is 0 Å². The lowest BCUT2D eigenvalue weighted by Crippen LogP contribution is -2.25. The van der Waals surface area contributed by atoms with E-state index in [1.807, 2.05) is 11.3 Å². The second-order valence-electron chi connectivity index (χ2n) is 15.6. The second-order valence-corrected chi connectivity index (χ2v) is 16.7. The first kappa shape index (κ1) is 34.6. The minimum absolute atomic E-state index is 0.497. The van der Waals surface area contributed by atoms with Gasteiger partial charge in [0.25, 0.3) is 0 Å². The molecule has 0 N–H and O–H groups in total. The number of para-hydroxylation sites is 4. The second kappa shape index (κ2) is 13.8. The van der Waals surface area contributed by atoms with Gasteiger partial charge in [0.2, 0.25) is 0 Å². The largest absolute Gasteiger partial charge is 0.311 e. The van der Waals surface area contributed by atoms with Crippen molar-refractivity contribution in [3.63, 3.8) is 0 Å². The van der Waals surface area contributed by atoms with Crippen molar-refractivity contribution >= 4 is 55.5 Å². The summed E-state index contributed by atoms with van der Waals surface area (Å²) in [6.07, 6.45) is 0. The first-order valence-corrected chi connectivity index (χ1v) is 21.4. The molecule has 1 spiro atoms. The molecular formula is C57H38N2S. The summed E-state index contributed by atoms with van der Waals surface area (Å²) in [7, 11) is 0. The van der Waals surface area contributed by atoms with Crippen LogP contribution in [0, 0.1) is 0 Å². The molecule has 0 radical (unpaired) electrons. The van der Waals surface area contributed by atoms with E-state index in [-0.39, 0.29) is 0 Å². The first-order chi connectivity index (χ1) is 29.8. The van der Waals surface area contributed by atoms with Gasteiger partial charge in [0.1, 0.15) is 0 Å². The van der Waals surface area contributed by atoms with Crippen LogP contribution in [-0.2, 0) is 5.41 Å². The predicted octanol–water partition coefficient (Wildman–Crippen LogP) is 15.9. The van der Waals surface area contributed by atoms with Gasteiger partial charge >= 0.3 is 0 Å². The van der Waals surface area contributed by atoms with Gasteiger partial charge in [-0.1, -0.05) is 146 Å². The number of hydrogen-bond donors (Lipinski definition) is 0. The third-order valence-corrected chi connectivity index (χ3v) is 13.7. The molecule has 0 bridgehead atoms. The fourth-order valence-electron chi connectivity index (χ4n) is 9.90. The fraction of sp³-hybridized carbons (Fsp3) is 0.0175. The zero-order valence-electron chi connectivity index (χ0n) is 32.7. The third-order valence-electron chi connectivity index (χ3n) is 12.4. The SMILES string of the molecule is c1ccc(N(c2ccccc2)c2ccc(-c3ccc4c(c3)C3(c5ccccc5-4)c4cc(N(c5ccccc5)c5ccccc5)ccc4-c4c3sc3ccccc43)cc2)cc1. The van der Waals surface area contributed by atoms with Crippen molar-refractivity contribution in [1.29, 1.82) is 0 Å². The van der Waals surface area contributed by atoms with Crippen molar-refractivity contribution in [3.05, 3.63) is 252 Å². The highest BCUT2D eigenvalue weighted by molar-refractivity contribution is 7.20. The van der Waals surface area contributed by atoms with Crippen molar-refractivity contribution in [2.75, 3.05) is 9.80 Å². The first-order valence-electron chi connectivity index (χ1n) is 20.6. The molecule has 0 saturated heterocycles. The summed E-state index contributed by atoms with van der Waals surface area (Å²) in [5.74, 6) is 0. The summed E-state index contributed by atoms with van der Waals surface area (Å²) < 4.78 is 1.32. The van der Waals surface area contributed by atoms with Crippen LogP contribution < -0.4 is 9.80 Å². The summed E-state index contributed by atoms with van der Waals surface area (Å²) in [6.45, 7) is 0. The zero-order valence-corrected chi connectivity index (χ0v) is 33.6. The number of fused-ring (bicyclic) bond motifs is 12. The molecule has 2 aliphatic rings. The van der Waals surface area contributed by atoms with Crippen LogP contribution in [0.15, 0.2) is 231 Å². The van der Waals surface area contributed by atoms with Crippen molar-refractivity contribution in [1.82, 2.24) is 0 Å². The average Bonchev–Trinajstić information content (AvgIpc) is 3.94. The van der Waals surface area contributed by atoms with Crippen LogP contribution in [-0.4, -0.2) is 0 Å². The number of rotatable bonds is 7. The highest BCUT2D eigenvalue weighted by atomic mass is 32.1. The Kier molecular flexibility index (Phi) is 7.97. The van der Waals surface area contributed by atoms with Crippen molar-refractivity contribution in [3.8, 4) is 33.4 Å². The molecule has 2 aliphatic carbocycles. The topological polar surface area (TPSA) is 6.48 Å². The molecule has 1 atom stereocenters. The molecule has 10 aromatic rings. The van der Waals surface area contributed by atoms with Crippen LogP contribution in [0.4, 0.5) is 34.1 Å². The van der Waals surface area contributed by atoms with Gasteiger partial charge in [-0.15, -0.1) is 11.3 Å². The van der Waals surface area contributed by atoms with E-state index in [0.717, 1.165) is 34.1 Å². The predicted molar refractivity (Wildman–Crippen MR) is 253 cm³/mol. The summed E-state index contributed by atoms with van der Waals surface area (Å²) in [4.78, 5) is 6.12. The number of nitrogens with zero attached hydrogens (tertiary/aromatic N) is 2. The standard InChI is InChI=1S/C57H38N2S/c1-5-17-41(18-6-1)58(42-19-7-2-8-20-42)45-32-29-39(30-33-45)40-31-35-48-47-25-13-15-27-51(47)57(52(48)37-40)53-38-46(59(43-21-9-3-10-22-43)44-23-11-4-12-24-44)34-36-49(53)55-50-26-14-16-28-54(50)60-56(55)57/h1-38H.